The maximum Gasteiger partial charge on any atom is 0.227 e. The third kappa shape index (κ3) is 4.25. The Balaban J connectivity index is 1.54. The molecule has 4 rings (SSSR count). The quantitative estimate of drug-likeness (QED) is 0.596. The molecule has 2 heterocycles. The highest BCUT2D eigenvalue weighted by molar-refractivity contribution is 6.01. The molecule has 8 nitrogen and oxygen atoms in total. The van der Waals surface area contributed by atoms with E-state index in [-0.39, 0.29) is 30.2 Å². The number of fused-ring (bicyclic) bond motifs is 1. The summed E-state index contributed by atoms with van der Waals surface area (Å²) in [6, 6.07) is 12.9. The van der Waals surface area contributed by atoms with Crippen LogP contribution in [0.1, 0.15) is 32.1 Å². The third-order valence-electron chi connectivity index (χ3n) is 6.24. The zero-order valence-corrected chi connectivity index (χ0v) is 19.7. The number of methoxy groups -OCH3 is 2. The van der Waals surface area contributed by atoms with E-state index in [9.17, 15) is 9.59 Å². The van der Waals surface area contributed by atoms with Crippen molar-refractivity contribution in [3.05, 3.63) is 48.3 Å². The number of benzene rings is 2. The fraction of sp³-hybridized carbons (Fsp3) is 0.400. The van der Waals surface area contributed by atoms with Crippen LogP contribution in [0.4, 0.5) is 5.69 Å². The van der Waals surface area contributed by atoms with Gasteiger partial charge in [-0.15, -0.1) is 0 Å². The number of rotatable bonds is 7. The van der Waals surface area contributed by atoms with E-state index < -0.39 is 5.92 Å². The van der Waals surface area contributed by atoms with Crippen LogP contribution in [0.3, 0.4) is 0 Å². The monoisotopic (exact) mass is 450 g/mol. The molecule has 1 saturated heterocycles. The molecule has 0 unspecified atom stereocenters. The first kappa shape index (κ1) is 22.6. The lowest BCUT2D eigenvalue weighted by atomic mass is 10.0. The minimum absolute atomic E-state index is 0.109. The summed E-state index contributed by atoms with van der Waals surface area (Å²) in [6.07, 6.45) is 0.147. The maximum absolute atomic E-state index is 13.3. The number of ether oxygens (including phenoxy) is 2. The topological polar surface area (TPSA) is 85.7 Å². The molecule has 1 aliphatic heterocycles. The first-order valence-electron chi connectivity index (χ1n) is 11.1. The van der Waals surface area contributed by atoms with Crippen molar-refractivity contribution in [3.8, 4) is 11.5 Å². The molecule has 2 aromatic carbocycles. The Morgan fingerprint density at radius 3 is 2.58 bits per heavy atom. The van der Waals surface area contributed by atoms with E-state index in [0.29, 0.717) is 23.7 Å². The number of aromatic nitrogens is 2. The van der Waals surface area contributed by atoms with Crippen LogP contribution in [0.2, 0.25) is 0 Å². The van der Waals surface area contributed by atoms with Crippen molar-refractivity contribution in [3.63, 3.8) is 0 Å². The summed E-state index contributed by atoms with van der Waals surface area (Å²) in [7, 11) is 5.08. The van der Waals surface area contributed by atoms with E-state index in [1.165, 1.54) is 0 Å². The molecule has 33 heavy (non-hydrogen) atoms. The zero-order chi connectivity index (χ0) is 23.7. The summed E-state index contributed by atoms with van der Waals surface area (Å²) < 4.78 is 12.7. The van der Waals surface area contributed by atoms with Gasteiger partial charge in [-0.1, -0.05) is 26.0 Å². The fourth-order valence-corrected chi connectivity index (χ4v) is 4.37. The molecule has 8 heteroatoms. The second-order valence-corrected chi connectivity index (χ2v) is 8.69. The molecule has 0 saturated carbocycles. The van der Waals surface area contributed by atoms with Gasteiger partial charge in [-0.05, 0) is 30.2 Å². The van der Waals surface area contributed by atoms with Crippen LogP contribution in [0.15, 0.2) is 42.5 Å². The van der Waals surface area contributed by atoms with Gasteiger partial charge in [-0.3, -0.25) is 9.59 Å². The minimum atomic E-state index is -0.458. The standard InChI is InChI=1S/C25H30N4O4/c1-15(2)23(24-26-18-8-6-7-9-19(18)28(24)3)27-25(31)16-12-22(30)29(14-16)20-11-10-17(32-4)13-21(20)33-5/h6-11,13,15-16,23H,12,14H2,1-5H3,(H,27,31)/t16-,23+/m1/s1. The summed E-state index contributed by atoms with van der Waals surface area (Å²) in [5.74, 6) is 1.38. The smallest absolute Gasteiger partial charge is 0.227 e. The number of carbonyl (C=O) groups is 2. The minimum Gasteiger partial charge on any atom is -0.497 e. The van der Waals surface area contributed by atoms with Gasteiger partial charge in [-0.2, -0.15) is 0 Å². The van der Waals surface area contributed by atoms with Gasteiger partial charge in [-0.25, -0.2) is 4.98 Å². The molecule has 2 amide bonds. The first-order chi connectivity index (χ1) is 15.8. The normalized spacial score (nSPS) is 17.0. The van der Waals surface area contributed by atoms with Gasteiger partial charge in [0, 0.05) is 26.1 Å². The predicted molar refractivity (Wildman–Crippen MR) is 126 cm³/mol. The van der Waals surface area contributed by atoms with E-state index in [1.807, 2.05) is 35.9 Å². The Morgan fingerprint density at radius 1 is 1.15 bits per heavy atom. The molecule has 3 aromatic rings. The van der Waals surface area contributed by atoms with E-state index in [4.69, 9.17) is 14.5 Å². The lowest BCUT2D eigenvalue weighted by Gasteiger charge is -2.24. The number of carbonyl (C=O) groups excluding carboxylic acids is 2. The number of hydrogen-bond acceptors (Lipinski definition) is 5. The Bertz CT molecular complexity index is 1190. The summed E-state index contributed by atoms with van der Waals surface area (Å²) in [5, 5.41) is 3.16. The Kier molecular flexibility index (Phi) is 6.26. The van der Waals surface area contributed by atoms with Gasteiger partial charge < -0.3 is 24.3 Å². The molecule has 174 valence electrons. The number of imidazole rings is 1. The average Bonchev–Trinajstić information content (AvgIpc) is 3.36. The molecule has 1 aromatic heterocycles. The van der Waals surface area contributed by atoms with Crippen molar-refractivity contribution in [2.24, 2.45) is 18.9 Å². The second-order valence-electron chi connectivity index (χ2n) is 8.69. The van der Waals surface area contributed by atoms with Crippen LogP contribution in [-0.4, -0.2) is 42.1 Å². The number of para-hydroxylation sites is 2. The van der Waals surface area contributed by atoms with Crippen molar-refractivity contribution in [1.82, 2.24) is 14.9 Å². The van der Waals surface area contributed by atoms with E-state index in [0.717, 1.165) is 16.9 Å². The molecular weight excluding hydrogens is 420 g/mol. The summed E-state index contributed by atoms with van der Waals surface area (Å²) in [5.41, 5.74) is 2.54. The van der Waals surface area contributed by atoms with Gasteiger partial charge in [0.05, 0.1) is 42.9 Å². The molecule has 1 aliphatic rings. The van der Waals surface area contributed by atoms with Gasteiger partial charge in [0.1, 0.15) is 17.3 Å². The summed E-state index contributed by atoms with van der Waals surface area (Å²) >= 11 is 0. The highest BCUT2D eigenvalue weighted by atomic mass is 16.5. The van der Waals surface area contributed by atoms with Crippen molar-refractivity contribution >= 4 is 28.5 Å². The van der Waals surface area contributed by atoms with E-state index in [1.54, 1.807) is 37.3 Å². The zero-order valence-electron chi connectivity index (χ0n) is 19.7. The van der Waals surface area contributed by atoms with Crippen LogP contribution in [0, 0.1) is 11.8 Å². The van der Waals surface area contributed by atoms with Crippen molar-refractivity contribution in [2.75, 3.05) is 25.7 Å². The number of nitrogens with zero attached hydrogens (tertiary/aromatic N) is 3. The van der Waals surface area contributed by atoms with Crippen molar-refractivity contribution in [1.29, 1.82) is 0 Å². The maximum atomic E-state index is 13.3. The lowest BCUT2D eigenvalue weighted by molar-refractivity contribution is -0.127. The molecular formula is C25H30N4O4. The highest BCUT2D eigenvalue weighted by Crippen LogP contribution is 2.36. The van der Waals surface area contributed by atoms with Crippen LogP contribution < -0.4 is 19.7 Å². The molecule has 0 spiro atoms. The first-order valence-corrected chi connectivity index (χ1v) is 11.1. The fourth-order valence-electron chi connectivity index (χ4n) is 4.37. The molecule has 0 radical (unpaired) electrons. The largest absolute Gasteiger partial charge is 0.497 e. The van der Waals surface area contributed by atoms with E-state index in [2.05, 4.69) is 19.2 Å². The summed E-state index contributed by atoms with van der Waals surface area (Å²) in [4.78, 5) is 32.5. The Hall–Kier alpha value is -3.55. The molecule has 2 atom stereocenters. The van der Waals surface area contributed by atoms with Gasteiger partial charge >= 0.3 is 0 Å². The lowest BCUT2D eigenvalue weighted by Crippen LogP contribution is -2.38. The van der Waals surface area contributed by atoms with Crippen LogP contribution in [0.25, 0.3) is 11.0 Å². The highest BCUT2D eigenvalue weighted by Gasteiger charge is 2.38. The second kappa shape index (κ2) is 9.13. The van der Waals surface area contributed by atoms with E-state index >= 15 is 0 Å². The SMILES string of the molecule is COc1ccc(N2C[C@H](C(=O)N[C@H](c3nc4ccccc4n3C)C(C)C)CC2=O)c(OC)c1. The molecule has 0 bridgehead atoms. The molecule has 1 fully saturated rings. The molecule has 0 aliphatic carbocycles. The van der Waals surface area contributed by atoms with Crippen molar-refractivity contribution < 1.29 is 19.1 Å². The Morgan fingerprint density at radius 2 is 1.91 bits per heavy atom. The van der Waals surface area contributed by atoms with Crippen molar-refractivity contribution in [2.45, 2.75) is 26.3 Å². The number of nitrogens with one attached hydrogen (secondary N) is 1. The Labute approximate surface area is 193 Å². The van der Waals surface area contributed by atoms with Gasteiger partial charge in [0.2, 0.25) is 11.8 Å². The van der Waals surface area contributed by atoms with Gasteiger partial charge in [0.15, 0.2) is 0 Å². The average molecular weight is 451 g/mol. The number of amides is 2. The summed E-state index contributed by atoms with van der Waals surface area (Å²) in [6.45, 7) is 4.40. The number of hydrogen-bond donors (Lipinski definition) is 1. The van der Waals surface area contributed by atoms with Crippen LogP contribution in [-0.2, 0) is 16.6 Å². The predicted octanol–water partition coefficient (Wildman–Crippen LogP) is 3.46. The number of aryl methyl sites for hydroxylation is 1. The van der Waals surface area contributed by atoms with Crippen LogP contribution >= 0.6 is 0 Å². The molecule has 1 N–H and O–H groups in total. The van der Waals surface area contributed by atoms with Gasteiger partial charge in [0.25, 0.3) is 0 Å². The number of anilines is 1. The van der Waals surface area contributed by atoms with Crippen LogP contribution in [0.5, 0.6) is 11.5 Å². The third-order valence-corrected chi connectivity index (χ3v) is 6.24.